The number of halogens is 1. The van der Waals surface area contributed by atoms with Crippen LogP contribution >= 0.6 is 15.9 Å². The number of aromatic nitrogens is 3. The Morgan fingerprint density at radius 3 is 2.89 bits per heavy atom. The van der Waals surface area contributed by atoms with Gasteiger partial charge in [0.1, 0.15) is 11.9 Å². The summed E-state index contributed by atoms with van der Waals surface area (Å²) >= 11 is 3.31. The van der Waals surface area contributed by atoms with E-state index in [2.05, 4.69) is 26.2 Å². The summed E-state index contributed by atoms with van der Waals surface area (Å²) in [6.07, 6.45) is 1.16. The van der Waals surface area contributed by atoms with Gasteiger partial charge in [-0.15, -0.1) is 5.10 Å². The highest BCUT2D eigenvalue weighted by Crippen LogP contribution is 2.28. The third-order valence-electron chi connectivity index (χ3n) is 2.01. The van der Waals surface area contributed by atoms with Gasteiger partial charge in [-0.25, -0.2) is 4.79 Å². The van der Waals surface area contributed by atoms with E-state index >= 15 is 0 Å². The Hall–Kier alpha value is -2.09. The number of carboxylic acid groups (broad SMARTS) is 1. The first-order valence-electron chi connectivity index (χ1n) is 4.77. The molecule has 0 aliphatic rings. The monoisotopic (exact) mass is 313 g/mol. The number of carbonyl (C=O) groups is 1. The molecule has 1 aromatic carbocycles. The van der Waals surface area contributed by atoms with Crippen LogP contribution in [0, 0.1) is 0 Å². The number of nitrogens with zero attached hydrogens (tertiary/aromatic N) is 3. The van der Waals surface area contributed by atoms with Crippen LogP contribution in [0.2, 0.25) is 0 Å². The summed E-state index contributed by atoms with van der Waals surface area (Å²) in [5, 5.41) is 15.6. The van der Waals surface area contributed by atoms with Crippen LogP contribution in [-0.2, 0) is 0 Å². The molecule has 1 heterocycles. The molecule has 0 atom stereocenters. The van der Waals surface area contributed by atoms with Gasteiger partial charge in [0.2, 0.25) is 0 Å². The first-order valence-corrected chi connectivity index (χ1v) is 5.57. The topological polar surface area (TPSA) is 86.5 Å². The molecule has 0 unspecified atom stereocenters. The maximum absolute atomic E-state index is 10.6. The molecule has 0 saturated carbocycles. The van der Waals surface area contributed by atoms with Crippen LogP contribution in [0.15, 0.2) is 28.9 Å². The van der Waals surface area contributed by atoms with E-state index in [0.29, 0.717) is 11.5 Å². The number of methoxy groups -OCH3 is 1. The Balaban J connectivity index is 2.20. The van der Waals surface area contributed by atoms with E-state index in [0.717, 1.165) is 15.5 Å². The third-order valence-corrected chi connectivity index (χ3v) is 2.67. The van der Waals surface area contributed by atoms with Crippen molar-refractivity contribution in [2.24, 2.45) is 0 Å². The molecule has 0 aliphatic heterocycles. The van der Waals surface area contributed by atoms with E-state index in [-0.39, 0.29) is 5.69 Å². The fourth-order valence-corrected chi connectivity index (χ4v) is 1.60. The summed E-state index contributed by atoms with van der Waals surface area (Å²) in [4.78, 5) is 16.9. The summed E-state index contributed by atoms with van der Waals surface area (Å²) in [5.74, 6) is -0.138. The van der Waals surface area contributed by atoms with Gasteiger partial charge in [-0.2, -0.15) is 0 Å². The lowest BCUT2D eigenvalue weighted by molar-refractivity contribution is 0.0690. The summed E-state index contributed by atoms with van der Waals surface area (Å²) in [5.41, 5.74) is -0.195. The maximum atomic E-state index is 10.6. The molecule has 0 aliphatic carbocycles. The zero-order valence-electron chi connectivity index (χ0n) is 9.20. The molecule has 0 fully saturated rings. The van der Waals surface area contributed by atoms with E-state index in [9.17, 15) is 4.79 Å². The molecule has 2 rings (SSSR count). The van der Waals surface area contributed by atoms with Crippen LogP contribution in [0.1, 0.15) is 10.5 Å². The molecule has 0 saturated heterocycles. The first kappa shape index (κ1) is 12.4. The minimum atomic E-state index is -1.17. The molecule has 8 heteroatoms. The number of carboxylic acids is 1. The van der Waals surface area contributed by atoms with Gasteiger partial charge < -0.3 is 14.7 Å². The summed E-state index contributed by atoms with van der Waals surface area (Å²) in [7, 11) is 1.53. The molecule has 2 aromatic rings. The summed E-state index contributed by atoms with van der Waals surface area (Å²) in [6, 6.07) is 5.05. The van der Waals surface area contributed by atoms with Gasteiger partial charge in [-0.05, 0) is 33.3 Å². The molecule has 0 spiro atoms. The fraction of sp³-hybridized carbons (Fsp3) is 0.100. The van der Waals surface area contributed by atoms with E-state index in [1.807, 2.05) is 0 Å². The van der Waals surface area contributed by atoms with E-state index in [1.165, 1.54) is 7.11 Å². The SMILES string of the molecule is COc1cc(On2cc(C(=O)O)nn2)ccc1Br. The maximum Gasteiger partial charge on any atom is 0.358 e. The quantitative estimate of drug-likeness (QED) is 0.922. The average molecular weight is 314 g/mol. The van der Waals surface area contributed by atoms with Gasteiger partial charge in [0.25, 0.3) is 0 Å². The fourth-order valence-electron chi connectivity index (χ4n) is 1.20. The predicted molar refractivity (Wildman–Crippen MR) is 63.7 cm³/mol. The van der Waals surface area contributed by atoms with Gasteiger partial charge in [-0.1, -0.05) is 4.85 Å². The van der Waals surface area contributed by atoms with Crippen molar-refractivity contribution < 1.29 is 19.5 Å². The molecule has 7 nitrogen and oxygen atoms in total. The summed E-state index contributed by atoms with van der Waals surface area (Å²) in [6.45, 7) is 0. The molecule has 1 N–H and O–H groups in total. The molecule has 94 valence electrons. The van der Waals surface area contributed by atoms with Crippen LogP contribution in [0.3, 0.4) is 0 Å². The first-order chi connectivity index (χ1) is 8.60. The van der Waals surface area contributed by atoms with E-state index in [1.54, 1.807) is 18.2 Å². The number of benzene rings is 1. The molecular weight excluding hydrogens is 306 g/mol. The molecule has 0 radical (unpaired) electrons. The zero-order chi connectivity index (χ0) is 13.1. The van der Waals surface area contributed by atoms with Crippen molar-refractivity contribution in [3.63, 3.8) is 0 Å². The Kier molecular flexibility index (Phi) is 3.47. The second kappa shape index (κ2) is 5.05. The normalized spacial score (nSPS) is 10.1. The lowest BCUT2D eigenvalue weighted by Gasteiger charge is -2.06. The van der Waals surface area contributed by atoms with Crippen LogP contribution < -0.4 is 9.57 Å². The minimum absolute atomic E-state index is 0.195. The van der Waals surface area contributed by atoms with Crippen LogP contribution in [0.5, 0.6) is 11.5 Å². The molecule has 0 amide bonds. The van der Waals surface area contributed by atoms with Crippen molar-refractivity contribution in [2.75, 3.05) is 7.11 Å². The lowest BCUT2D eigenvalue weighted by atomic mass is 10.3. The largest absolute Gasteiger partial charge is 0.495 e. The van der Waals surface area contributed by atoms with Crippen molar-refractivity contribution in [1.29, 1.82) is 0 Å². The number of ether oxygens (including phenoxy) is 1. The van der Waals surface area contributed by atoms with Gasteiger partial charge in [-0.3, -0.25) is 0 Å². The lowest BCUT2D eigenvalue weighted by Crippen LogP contribution is -2.06. The van der Waals surface area contributed by atoms with Crippen molar-refractivity contribution >= 4 is 21.9 Å². The molecular formula is C10H8BrN3O4. The second-order valence-corrected chi connectivity index (χ2v) is 4.05. The average Bonchev–Trinajstić information content (AvgIpc) is 2.80. The number of hydrogen-bond donors (Lipinski definition) is 1. The number of rotatable bonds is 4. The zero-order valence-corrected chi connectivity index (χ0v) is 10.8. The van der Waals surface area contributed by atoms with Crippen LogP contribution in [0.4, 0.5) is 0 Å². The summed E-state index contributed by atoms with van der Waals surface area (Å²) < 4.78 is 5.88. The second-order valence-electron chi connectivity index (χ2n) is 3.20. The van der Waals surface area contributed by atoms with Crippen LogP contribution in [0.25, 0.3) is 0 Å². The number of hydrogen-bond acceptors (Lipinski definition) is 5. The van der Waals surface area contributed by atoms with Gasteiger partial charge >= 0.3 is 5.97 Å². The Labute approximate surface area is 110 Å². The third kappa shape index (κ3) is 2.59. The highest BCUT2D eigenvalue weighted by molar-refractivity contribution is 9.10. The smallest absolute Gasteiger partial charge is 0.358 e. The van der Waals surface area contributed by atoms with Gasteiger partial charge in [0, 0.05) is 6.07 Å². The minimum Gasteiger partial charge on any atom is -0.495 e. The highest BCUT2D eigenvalue weighted by Gasteiger charge is 2.10. The Morgan fingerprint density at radius 1 is 1.50 bits per heavy atom. The van der Waals surface area contributed by atoms with Crippen molar-refractivity contribution in [3.05, 3.63) is 34.6 Å². The molecule has 18 heavy (non-hydrogen) atoms. The van der Waals surface area contributed by atoms with E-state index < -0.39 is 5.97 Å². The van der Waals surface area contributed by atoms with Crippen molar-refractivity contribution in [1.82, 2.24) is 15.2 Å². The van der Waals surface area contributed by atoms with Gasteiger partial charge in [0.15, 0.2) is 11.4 Å². The predicted octanol–water partition coefficient (Wildman–Crippen LogP) is 1.59. The van der Waals surface area contributed by atoms with Crippen molar-refractivity contribution in [2.45, 2.75) is 0 Å². The highest BCUT2D eigenvalue weighted by atomic mass is 79.9. The number of aromatic carboxylic acids is 1. The van der Waals surface area contributed by atoms with Crippen LogP contribution in [-0.4, -0.2) is 33.3 Å². The standard InChI is InChI=1S/C10H8BrN3O4/c1-17-9-4-6(2-3-7(9)11)18-14-5-8(10(15)16)12-13-14/h2-5H,1H3,(H,15,16). The van der Waals surface area contributed by atoms with Gasteiger partial charge in [0.05, 0.1) is 11.6 Å². The Morgan fingerprint density at radius 2 is 2.28 bits per heavy atom. The van der Waals surface area contributed by atoms with E-state index in [4.69, 9.17) is 14.7 Å². The molecule has 1 aromatic heterocycles. The van der Waals surface area contributed by atoms with Crippen molar-refractivity contribution in [3.8, 4) is 11.5 Å². The Bertz CT molecular complexity index is 584. The molecule has 0 bridgehead atoms.